The molecule has 0 bridgehead atoms. The third-order valence-electron chi connectivity index (χ3n) is 3.91. The zero-order valence-corrected chi connectivity index (χ0v) is 13.4. The predicted octanol–water partition coefficient (Wildman–Crippen LogP) is 5.22. The molecule has 0 saturated heterocycles. The summed E-state index contributed by atoms with van der Waals surface area (Å²) in [4.78, 5) is 4.31. The van der Waals surface area contributed by atoms with Gasteiger partial charge in [0.1, 0.15) is 5.69 Å². The Kier molecular flexibility index (Phi) is 4.22. The van der Waals surface area contributed by atoms with Gasteiger partial charge in [-0.2, -0.15) is 18.3 Å². The quantitative estimate of drug-likeness (QED) is 0.603. The van der Waals surface area contributed by atoms with Crippen molar-refractivity contribution in [3.63, 3.8) is 0 Å². The van der Waals surface area contributed by atoms with Gasteiger partial charge in [-0.3, -0.25) is 0 Å². The topological polar surface area (TPSA) is 30.2 Å². The average Bonchev–Trinajstić information content (AvgIpc) is 2.88. The molecule has 3 aromatic rings. The first-order chi connectivity index (χ1) is 11.7. The number of aryl methyl sites for hydroxylation is 2. The molecule has 2 aromatic heterocycles. The molecule has 0 unspecified atom stereocenters. The molecule has 0 N–H and O–H groups in total. The van der Waals surface area contributed by atoms with Gasteiger partial charge in [0.05, 0.1) is 11.3 Å². The van der Waals surface area contributed by atoms with Gasteiger partial charge in [0.15, 0.2) is 5.65 Å². The second-order valence-corrected chi connectivity index (χ2v) is 5.60. The van der Waals surface area contributed by atoms with Crippen LogP contribution in [0.25, 0.3) is 16.8 Å². The predicted molar refractivity (Wildman–Crippen MR) is 82.5 cm³/mol. The first-order valence-electron chi connectivity index (χ1n) is 7.57. The summed E-state index contributed by atoms with van der Waals surface area (Å²) in [6, 6.07) is 5.97. The average molecular weight is 355 g/mol. The first kappa shape index (κ1) is 17.3. The van der Waals surface area contributed by atoms with Crippen LogP contribution in [0.5, 0.6) is 0 Å². The Balaban J connectivity index is 2.30. The van der Waals surface area contributed by atoms with E-state index in [0.717, 1.165) is 16.6 Å². The number of hydrogen-bond donors (Lipinski definition) is 0. The van der Waals surface area contributed by atoms with Gasteiger partial charge in [-0.1, -0.05) is 19.1 Å². The number of alkyl halides is 5. The number of nitrogens with zero attached hydrogens (tertiary/aromatic N) is 3. The minimum Gasteiger partial charge on any atom is -0.233 e. The van der Waals surface area contributed by atoms with E-state index >= 15 is 0 Å². The van der Waals surface area contributed by atoms with Crippen LogP contribution < -0.4 is 0 Å². The Morgan fingerprint density at radius 3 is 2.48 bits per heavy atom. The summed E-state index contributed by atoms with van der Waals surface area (Å²) in [6.07, 6.45) is -6.85. The van der Waals surface area contributed by atoms with Crippen molar-refractivity contribution in [2.75, 3.05) is 0 Å². The first-order valence-corrected chi connectivity index (χ1v) is 7.57. The molecule has 25 heavy (non-hydrogen) atoms. The van der Waals surface area contributed by atoms with Crippen molar-refractivity contribution >= 4 is 5.65 Å². The van der Waals surface area contributed by atoms with Crippen LogP contribution >= 0.6 is 0 Å². The largest absolute Gasteiger partial charge is 0.416 e. The maximum atomic E-state index is 13.3. The zero-order valence-electron chi connectivity index (χ0n) is 13.4. The van der Waals surface area contributed by atoms with E-state index in [9.17, 15) is 22.0 Å². The molecule has 8 heteroatoms. The van der Waals surface area contributed by atoms with Gasteiger partial charge in [0, 0.05) is 11.3 Å². The second-order valence-electron chi connectivity index (χ2n) is 5.60. The number of aromatic nitrogens is 3. The normalized spacial score (nSPS) is 12.3. The summed E-state index contributed by atoms with van der Waals surface area (Å²) >= 11 is 0. The van der Waals surface area contributed by atoms with E-state index in [-0.39, 0.29) is 16.9 Å². The van der Waals surface area contributed by atoms with Crippen LogP contribution in [0.3, 0.4) is 0 Å². The van der Waals surface area contributed by atoms with E-state index in [1.165, 1.54) is 18.2 Å². The Morgan fingerprint density at radius 1 is 1.16 bits per heavy atom. The van der Waals surface area contributed by atoms with E-state index < -0.39 is 18.2 Å². The van der Waals surface area contributed by atoms with Crippen LogP contribution in [0.1, 0.15) is 36.0 Å². The van der Waals surface area contributed by atoms with E-state index in [0.29, 0.717) is 23.4 Å². The molecule has 0 spiro atoms. The van der Waals surface area contributed by atoms with Gasteiger partial charge in [0.2, 0.25) is 0 Å². The summed E-state index contributed by atoms with van der Waals surface area (Å²) in [5, 5.41) is 4.07. The van der Waals surface area contributed by atoms with Gasteiger partial charge in [-0.15, -0.1) is 0 Å². The van der Waals surface area contributed by atoms with Crippen molar-refractivity contribution in [2.24, 2.45) is 0 Å². The highest BCUT2D eigenvalue weighted by Gasteiger charge is 2.31. The molecule has 0 fully saturated rings. The second kappa shape index (κ2) is 6.09. The fraction of sp³-hybridized carbons (Fsp3) is 0.294. The number of hydrogen-bond acceptors (Lipinski definition) is 2. The lowest BCUT2D eigenvalue weighted by Crippen LogP contribution is -2.05. The third-order valence-corrected chi connectivity index (χ3v) is 3.91. The van der Waals surface area contributed by atoms with Crippen molar-refractivity contribution in [1.82, 2.24) is 14.6 Å². The molecule has 0 saturated carbocycles. The molecule has 0 aliphatic rings. The van der Waals surface area contributed by atoms with E-state index in [1.54, 1.807) is 13.8 Å². The van der Waals surface area contributed by atoms with Crippen LogP contribution in [0, 0.1) is 6.92 Å². The highest BCUT2D eigenvalue weighted by Crippen LogP contribution is 2.35. The maximum absolute atomic E-state index is 13.3. The van der Waals surface area contributed by atoms with Crippen LogP contribution in [0.4, 0.5) is 22.0 Å². The smallest absolute Gasteiger partial charge is 0.233 e. The molecular formula is C17H14F5N3. The van der Waals surface area contributed by atoms with E-state index in [1.807, 2.05) is 0 Å². The van der Waals surface area contributed by atoms with E-state index in [2.05, 4.69) is 10.1 Å². The van der Waals surface area contributed by atoms with Crippen molar-refractivity contribution < 1.29 is 22.0 Å². The minimum atomic E-state index is -4.50. The number of fused-ring (bicyclic) bond motifs is 1. The summed E-state index contributed by atoms with van der Waals surface area (Å²) in [7, 11) is 0. The van der Waals surface area contributed by atoms with Gasteiger partial charge in [0.25, 0.3) is 6.43 Å². The Bertz CT molecular complexity index is 928. The molecule has 3 rings (SSSR count). The SMILES string of the molecule is CCc1cc(C(F)F)n2nc(C)c(-c3cccc(C(F)(F)F)c3)c2n1. The van der Waals surface area contributed by atoms with Gasteiger partial charge < -0.3 is 0 Å². The number of rotatable bonds is 3. The molecule has 1 aromatic carbocycles. The van der Waals surface area contributed by atoms with Crippen molar-refractivity contribution in [3.8, 4) is 11.1 Å². The lowest BCUT2D eigenvalue weighted by molar-refractivity contribution is -0.137. The lowest BCUT2D eigenvalue weighted by Gasteiger charge is -2.09. The summed E-state index contributed by atoms with van der Waals surface area (Å²) in [6.45, 7) is 3.33. The standard InChI is InChI=1S/C17H14F5N3/c1-3-12-8-13(15(18)19)25-16(23-12)14(9(2)24-25)10-5-4-6-11(7-10)17(20,21)22/h4-8,15H,3H2,1-2H3. The van der Waals surface area contributed by atoms with Crippen molar-refractivity contribution in [3.05, 3.63) is 53.0 Å². The third kappa shape index (κ3) is 3.08. The Hall–Kier alpha value is -2.51. The minimum absolute atomic E-state index is 0.131. The molecule has 2 heterocycles. The van der Waals surface area contributed by atoms with E-state index in [4.69, 9.17) is 0 Å². The van der Waals surface area contributed by atoms with Crippen LogP contribution in [0.15, 0.2) is 30.3 Å². The molecule has 0 atom stereocenters. The van der Waals surface area contributed by atoms with Crippen LogP contribution in [-0.4, -0.2) is 14.6 Å². The summed E-state index contributed by atoms with van der Waals surface area (Å²) in [5.41, 5.74) is 0.309. The molecule has 0 aliphatic heterocycles. The summed E-state index contributed by atoms with van der Waals surface area (Å²) in [5.74, 6) is 0. The fourth-order valence-corrected chi connectivity index (χ4v) is 2.72. The zero-order chi connectivity index (χ0) is 18.4. The monoisotopic (exact) mass is 355 g/mol. The molecule has 132 valence electrons. The fourth-order valence-electron chi connectivity index (χ4n) is 2.72. The Labute approximate surface area is 140 Å². The highest BCUT2D eigenvalue weighted by molar-refractivity contribution is 5.80. The Morgan fingerprint density at radius 2 is 1.88 bits per heavy atom. The molecular weight excluding hydrogens is 341 g/mol. The molecule has 0 amide bonds. The van der Waals surface area contributed by atoms with Crippen LogP contribution in [-0.2, 0) is 12.6 Å². The summed E-state index contributed by atoms with van der Waals surface area (Å²) < 4.78 is 66.6. The maximum Gasteiger partial charge on any atom is 0.416 e. The van der Waals surface area contributed by atoms with Crippen molar-refractivity contribution in [2.45, 2.75) is 32.9 Å². The highest BCUT2D eigenvalue weighted by atomic mass is 19.4. The van der Waals surface area contributed by atoms with Gasteiger partial charge in [-0.25, -0.2) is 18.3 Å². The molecule has 0 radical (unpaired) electrons. The van der Waals surface area contributed by atoms with Crippen LogP contribution in [0.2, 0.25) is 0 Å². The van der Waals surface area contributed by atoms with Gasteiger partial charge >= 0.3 is 6.18 Å². The number of halogens is 5. The number of benzene rings is 1. The van der Waals surface area contributed by atoms with Crippen molar-refractivity contribution in [1.29, 1.82) is 0 Å². The molecule has 0 aliphatic carbocycles. The van der Waals surface area contributed by atoms with Gasteiger partial charge in [-0.05, 0) is 37.1 Å². The lowest BCUT2D eigenvalue weighted by atomic mass is 10.0. The molecule has 3 nitrogen and oxygen atoms in total.